The van der Waals surface area contributed by atoms with E-state index in [4.69, 9.17) is 0 Å². The Morgan fingerprint density at radius 2 is 2.00 bits per heavy atom. The standard InChI is InChI=1S/C14H20N4O2S/c1-21(19,20)18-8-4-7-17(9-10-18)11-14-15-12-5-2-3-6-13(12)16-14/h2-3,5-6H,4,7-11H2,1H3,(H,15,16). The third-order valence-electron chi connectivity index (χ3n) is 3.83. The normalized spacial score (nSPS) is 18.9. The number of H-pyrrole nitrogens is 1. The molecule has 1 aromatic heterocycles. The fraction of sp³-hybridized carbons (Fsp3) is 0.500. The molecule has 0 atom stereocenters. The number of imidazole rings is 1. The van der Waals surface area contributed by atoms with Crippen molar-refractivity contribution in [3.8, 4) is 0 Å². The van der Waals surface area contributed by atoms with E-state index in [2.05, 4.69) is 14.9 Å². The molecule has 1 aliphatic rings. The molecular formula is C14H20N4O2S. The van der Waals surface area contributed by atoms with Crippen LogP contribution in [0.2, 0.25) is 0 Å². The molecule has 0 radical (unpaired) electrons. The Hall–Kier alpha value is -1.44. The maximum Gasteiger partial charge on any atom is 0.211 e. The van der Waals surface area contributed by atoms with E-state index in [0.29, 0.717) is 13.1 Å². The summed E-state index contributed by atoms with van der Waals surface area (Å²) in [5.74, 6) is 0.934. The molecule has 0 unspecified atom stereocenters. The predicted molar refractivity (Wildman–Crippen MR) is 82.4 cm³/mol. The van der Waals surface area contributed by atoms with Crippen molar-refractivity contribution in [3.63, 3.8) is 0 Å². The Kier molecular flexibility index (Phi) is 3.97. The fourth-order valence-electron chi connectivity index (χ4n) is 2.73. The quantitative estimate of drug-likeness (QED) is 0.919. The van der Waals surface area contributed by atoms with Crippen LogP contribution < -0.4 is 0 Å². The van der Waals surface area contributed by atoms with Gasteiger partial charge < -0.3 is 4.98 Å². The van der Waals surface area contributed by atoms with Crippen LogP contribution in [0, 0.1) is 0 Å². The van der Waals surface area contributed by atoms with Gasteiger partial charge in [0.05, 0.1) is 23.8 Å². The summed E-state index contributed by atoms with van der Waals surface area (Å²) in [6.07, 6.45) is 2.13. The summed E-state index contributed by atoms with van der Waals surface area (Å²) < 4.78 is 24.8. The molecule has 0 bridgehead atoms. The van der Waals surface area contributed by atoms with Crippen LogP contribution in [-0.2, 0) is 16.6 Å². The van der Waals surface area contributed by atoms with Crippen LogP contribution in [0.5, 0.6) is 0 Å². The summed E-state index contributed by atoms with van der Waals surface area (Å²) in [6.45, 7) is 3.52. The number of rotatable bonds is 3. The van der Waals surface area contributed by atoms with Crippen molar-refractivity contribution in [3.05, 3.63) is 30.1 Å². The van der Waals surface area contributed by atoms with Crippen LogP contribution in [0.4, 0.5) is 0 Å². The number of nitrogens with one attached hydrogen (secondary N) is 1. The van der Waals surface area contributed by atoms with Gasteiger partial charge in [-0.05, 0) is 25.1 Å². The molecule has 0 amide bonds. The van der Waals surface area contributed by atoms with Crippen molar-refractivity contribution in [2.24, 2.45) is 0 Å². The van der Waals surface area contributed by atoms with E-state index in [0.717, 1.165) is 42.9 Å². The second-order valence-electron chi connectivity index (χ2n) is 5.49. The molecule has 1 aromatic carbocycles. The molecule has 1 saturated heterocycles. The maximum absolute atomic E-state index is 11.6. The van der Waals surface area contributed by atoms with E-state index in [1.807, 2.05) is 24.3 Å². The average molecular weight is 308 g/mol. The molecule has 6 nitrogen and oxygen atoms in total. The fourth-order valence-corrected chi connectivity index (χ4v) is 3.60. The molecule has 1 N–H and O–H groups in total. The van der Waals surface area contributed by atoms with E-state index in [9.17, 15) is 8.42 Å². The van der Waals surface area contributed by atoms with Crippen molar-refractivity contribution < 1.29 is 8.42 Å². The smallest absolute Gasteiger partial charge is 0.211 e. The SMILES string of the molecule is CS(=O)(=O)N1CCCN(Cc2nc3ccccc3[nH]2)CC1. The monoisotopic (exact) mass is 308 g/mol. The van der Waals surface area contributed by atoms with Crippen LogP contribution in [0.25, 0.3) is 11.0 Å². The van der Waals surface area contributed by atoms with Gasteiger partial charge in [0, 0.05) is 19.6 Å². The number of sulfonamides is 1. The van der Waals surface area contributed by atoms with Gasteiger partial charge in [-0.15, -0.1) is 0 Å². The zero-order valence-corrected chi connectivity index (χ0v) is 12.9. The zero-order valence-electron chi connectivity index (χ0n) is 12.1. The van der Waals surface area contributed by atoms with E-state index >= 15 is 0 Å². The lowest BCUT2D eigenvalue weighted by Gasteiger charge is -2.19. The lowest BCUT2D eigenvalue weighted by Crippen LogP contribution is -2.34. The highest BCUT2D eigenvalue weighted by atomic mass is 32.2. The summed E-state index contributed by atoms with van der Waals surface area (Å²) in [6, 6.07) is 7.96. The predicted octanol–water partition coefficient (Wildman–Crippen LogP) is 1.03. The van der Waals surface area contributed by atoms with Gasteiger partial charge in [0.15, 0.2) is 0 Å². The molecule has 2 heterocycles. The first-order valence-corrected chi connectivity index (χ1v) is 8.98. The van der Waals surface area contributed by atoms with Crippen molar-refractivity contribution in [2.45, 2.75) is 13.0 Å². The number of benzene rings is 1. The van der Waals surface area contributed by atoms with Crippen LogP contribution in [0.15, 0.2) is 24.3 Å². The topological polar surface area (TPSA) is 69.3 Å². The second kappa shape index (κ2) is 5.75. The molecule has 2 aromatic rings. The molecule has 21 heavy (non-hydrogen) atoms. The average Bonchev–Trinajstić information content (AvgIpc) is 2.66. The molecule has 114 valence electrons. The molecular weight excluding hydrogens is 288 g/mol. The summed E-state index contributed by atoms with van der Waals surface area (Å²) in [7, 11) is -3.08. The highest BCUT2D eigenvalue weighted by Crippen LogP contribution is 2.13. The van der Waals surface area contributed by atoms with Crippen molar-refractivity contribution in [1.29, 1.82) is 0 Å². The number of hydrogen-bond donors (Lipinski definition) is 1. The molecule has 0 saturated carbocycles. The van der Waals surface area contributed by atoms with Gasteiger partial charge in [0.25, 0.3) is 0 Å². The summed E-state index contributed by atoms with van der Waals surface area (Å²) in [5.41, 5.74) is 2.01. The van der Waals surface area contributed by atoms with Crippen molar-refractivity contribution in [1.82, 2.24) is 19.2 Å². The van der Waals surface area contributed by atoms with Gasteiger partial charge in [0.1, 0.15) is 5.82 Å². The number of aromatic amines is 1. The summed E-state index contributed by atoms with van der Waals surface area (Å²) in [5, 5.41) is 0. The number of nitrogens with zero attached hydrogens (tertiary/aromatic N) is 3. The summed E-state index contributed by atoms with van der Waals surface area (Å²) in [4.78, 5) is 10.1. The Morgan fingerprint density at radius 3 is 2.76 bits per heavy atom. The third kappa shape index (κ3) is 3.42. The first kappa shape index (κ1) is 14.5. The third-order valence-corrected chi connectivity index (χ3v) is 5.13. The van der Waals surface area contributed by atoms with Crippen LogP contribution >= 0.6 is 0 Å². The highest BCUT2D eigenvalue weighted by molar-refractivity contribution is 7.88. The van der Waals surface area contributed by atoms with E-state index in [1.165, 1.54) is 6.26 Å². The van der Waals surface area contributed by atoms with Gasteiger partial charge in [-0.2, -0.15) is 0 Å². The van der Waals surface area contributed by atoms with E-state index in [-0.39, 0.29) is 0 Å². The Bertz CT molecular complexity index is 692. The molecule has 0 spiro atoms. The maximum atomic E-state index is 11.6. The molecule has 1 aliphatic heterocycles. The Balaban J connectivity index is 1.68. The zero-order chi connectivity index (χ0) is 14.9. The first-order valence-electron chi connectivity index (χ1n) is 7.13. The Morgan fingerprint density at radius 1 is 1.19 bits per heavy atom. The number of hydrogen-bond acceptors (Lipinski definition) is 4. The van der Waals surface area contributed by atoms with Gasteiger partial charge in [-0.1, -0.05) is 12.1 Å². The van der Waals surface area contributed by atoms with Crippen LogP contribution in [0.3, 0.4) is 0 Å². The molecule has 1 fully saturated rings. The minimum atomic E-state index is -3.08. The number of para-hydroxylation sites is 2. The van der Waals surface area contributed by atoms with Gasteiger partial charge in [-0.3, -0.25) is 4.90 Å². The van der Waals surface area contributed by atoms with Crippen molar-refractivity contribution in [2.75, 3.05) is 32.4 Å². The molecule has 7 heteroatoms. The molecule has 3 rings (SSSR count). The second-order valence-corrected chi connectivity index (χ2v) is 7.47. The lowest BCUT2D eigenvalue weighted by molar-refractivity contribution is 0.273. The van der Waals surface area contributed by atoms with Crippen molar-refractivity contribution >= 4 is 21.1 Å². The highest BCUT2D eigenvalue weighted by Gasteiger charge is 2.21. The minimum absolute atomic E-state index is 0.555. The van der Waals surface area contributed by atoms with E-state index < -0.39 is 10.0 Å². The van der Waals surface area contributed by atoms with Gasteiger partial charge in [0.2, 0.25) is 10.0 Å². The number of fused-ring (bicyclic) bond motifs is 1. The van der Waals surface area contributed by atoms with E-state index in [1.54, 1.807) is 4.31 Å². The number of aromatic nitrogens is 2. The molecule has 0 aliphatic carbocycles. The van der Waals surface area contributed by atoms with Crippen LogP contribution in [0.1, 0.15) is 12.2 Å². The summed E-state index contributed by atoms with van der Waals surface area (Å²) >= 11 is 0. The van der Waals surface area contributed by atoms with Gasteiger partial charge in [-0.25, -0.2) is 17.7 Å². The Labute approximate surface area is 124 Å². The lowest BCUT2D eigenvalue weighted by atomic mass is 10.3. The van der Waals surface area contributed by atoms with Gasteiger partial charge >= 0.3 is 0 Å². The minimum Gasteiger partial charge on any atom is -0.341 e. The first-order chi connectivity index (χ1) is 10.0. The largest absolute Gasteiger partial charge is 0.341 e. The van der Waals surface area contributed by atoms with Crippen LogP contribution in [-0.4, -0.2) is 60.0 Å².